The van der Waals surface area contributed by atoms with E-state index in [-0.39, 0.29) is 5.78 Å². The molecule has 0 N–H and O–H groups in total. The van der Waals surface area contributed by atoms with Gasteiger partial charge in [-0.05, 0) is 80.8 Å². The Morgan fingerprint density at radius 2 is 1.29 bits per heavy atom. The fourth-order valence-electron chi connectivity index (χ4n) is 3.49. The van der Waals surface area contributed by atoms with Crippen molar-refractivity contribution in [1.82, 2.24) is 4.90 Å². The highest BCUT2D eigenvalue weighted by molar-refractivity contribution is 6.19. The lowest BCUT2D eigenvalue weighted by atomic mass is 9.97. The van der Waals surface area contributed by atoms with Gasteiger partial charge >= 0.3 is 0 Å². The van der Waals surface area contributed by atoms with Crippen molar-refractivity contribution in [2.24, 2.45) is 0 Å². The van der Waals surface area contributed by atoms with Gasteiger partial charge in [0.25, 0.3) is 0 Å². The molecule has 0 fully saturated rings. The maximum Gasteiger partial charge on any atom is 0.197 e. The molecule has 6 nitrogen and oxygen atoms in total. The smallest absolute Gasteiger partial charge is 0.197 e. The Kier molecular flexibility index (Phi) is 8.92. The van der Waals surface area contributed by atoms with Gasteiger partial charge in [-0.1, -0.05) is 13.8 Å². The second-order valence-corrected chi connectivity index (χ2v) is 7.94. The molecular formula is C29H33NO5. The zero-order valence-corrected chi connectivity index (χ0v) is 21.3. The second kappa shape index (κ2) is 12.1. The van der Waals surface area contributed by atoms with Crippen LogP contribution in [0, 0.1) is 0 Å². The summed E-state index contributed by atoms with van der Waals surface area (Å²) in [6.45, 7) is 6.64. The molecule has 0 amide bonds. The number of fused-ring (bicyclic) bond motifs is 1. The summed E-state index contributed by atoms with van der Waals surface area (Å²) in [5.74, 6) is 2.48. The third-order valence-electron chi connectivity index (χ3n) is 5.91. The number of rotatable bonds is 8. The molecule has 4 aromatic rings. The number of benzene rings is 3. The van der Waals surface area contributed by atoms with Gasteiger partial charge in [-0.2, -0.15) is 0 Å². The number of ether oxygens (including phenoxy) is 3. The molecule has 3 aromatic carbocycles. The van der Waals surface area contributed by atoms with Gasteiger partial charge in [0.1, 0.15) is 28.6 Å². The summed E-state index contributed by atoms with van der Waals surface area (Å²) in [6, 6.07) is 19.9. The van der Waals surface area contributed by atoms with E-state index in [9.17, 15) is 4.79 Å². The molecule has 0 saturated carbocycles. The molecule has 6 heteroatoms. The van der Waals surface area contributed by atoms with Crippen molar-refractivity contribution in [3.8, 4) is 28.6 Å². The molecule has 35 heavy (non-hydrogen) atoms. The lowest BCUT2D eigenvalue weighted by Gasteiger charge is -2.07. The first kappa shape index (κ1) is 25.8. The van der Waals surface area contributed by atoms with Crippen LogP contribution in [-0.4, -0.2) is 52.1 Å². The molecule has 1 heterocycles. The molecule has 1 aromatic heterocycles. The minimum atomic E-state index is -0.123. The molecule has 0 radical (unpaired) electrons. The number of furan rings is 1. The molecule has 0 spiro atoms. The fraction of sp³-hybridized carbons (Fsp3) is 0.276. The van der Waals surface area contributed by atoms with Crippen LogP contribution in [0.4, 0.5) is 0 Å². The van der Waals surface area contributed by atoms with Gasteiger partial charge in [0.2, 0.25) is 0 Å². The average molecular weight is 476 g/mol. The Morgan fingerprint density at radius 1 is 0.771 bits per heavy atom. The number of nitrogens with zero attached hydrogens (tertiary/aromatic N) is 1. The van der Waals surface area contributed by atoms with E-state index in [0.29, 0.717) is 34.0 Å². The van der Waals surface area contributed by atoms with E-state index in [2.05, 4.69) is 25.8 Å². The zero-order chi connectivity index (χ0) is 25.4. The molecule has 0 atom stereocenters. The molecule has 0 aliphatic rings. The zero-order valence-electron chi connectivity index (χ0n) is 21.3. The molecule has 4 rings (SSSR count). The highest BCUT2D eigenvalue weighted by atomic mass is 16.5. The number of methoxy groups -OCH3 is 3. The van der Waals surface area contributed by atoms with Crippen LogP contribution in [0.25, 0.3) is 22.3 Å². The molecule has 0 saturated heterocycles. The Balaban J connectivity index is 0.000000509. The van der Waals surface area contributed by atoms with Crippen molar-refractivity contribution in [3.63, 3.8) is 0 Å². The van der Waals surface area contributed by atoms with Gasteiger partial charge < -0.3 is 23.5 Å². The summed E-state index contributed by atoms with van der Waals surface area (Å²) in [4.78, 5) is 15.7. The molecule has 184 valence electrons. The van der Waals surface area contributed by atoms with Gasteiger partial charge in [0, 0.05) is 22.6 Å². The van der Waals surface area contributed by atoms with E-state index < -0.39 is 0 Å². The minimum Gasteiger partial charge on any atom is -0.497 e. The van der Waals surface area contributed by atoms with E-state index in [4.69, 9.17) is 18.6 Å². The first-order valence-corrected chi connectivity index (χ1v) is 11.6. The van der Waals surface area contributed by atoms with Crippen molar-refractivity contribution >= 4 is 16.8 Å². The van der Waals surface area contributed by atoms with Crippen LogP contribution < -0.4 is 14.2 Å². The van der Waals surface area contributed by atoms with E-state index >= 15 is 0 Å². The van der Waals surface area contributed by atoms with E-state index in [1.165, 1.54) is 0 Å². The Labute approximate surface area is 207 Å². The molecule has 0 unspecified atom stereocenters. The summed E-state index contributed by atoms with van der Waals surface area (Å²) in [7, 11) is 6.91. The first-order chi connectivity index (χ1) is 16.9. The third kappa shape index (κ3) is 6.03. The summed E-state index contributed by atoms with van der Waals surface area (Å²) in [5, 5.41) is 0.734. The average Bonchev–Trinajstić information content (AvgIpc) is 3.31. The predicted molar refractivity (Wildman–Crippen MR) is 140 cm³/mol. The normalized spacial score (nSPS) is 10.6. The van der Waals surface area contributed by atoms with Crippen molar-refractivity contribution in [2.45, 2.75) is 13.8 Å². The van der Waals surface area contributed by atoms with Gasteiger partial charge in [0.15, 0.2) is 5.78 Å². The maximum absolute atomic E-state index is 13.4. The number of hydrogen-bond donors (Lipinski definition) is 0. The molecule has 0 bridgehead atoms. The van der Waals surface area contributed by atoms with Crippen LogP contribution in [-0.2, 0) is 0 Å². The summed E-state index contributed by atoms with van der Waals surface area (Å²) in [6.07, 6.45) is 0. The van der Waals surface area contributed by atoms with E-state index in [1.54, 1.807) is 51.7 Å². The van der Waals surface area contributed by atoms with Gasteiger partial charge in [-0.15, -0.1) is 0 Å². The monoisotopic (exact) mass is 475 g/mol. The SMILES string of the molecule is CCN(C)CC.COc1ccc(C(=O)c2c(-c3ccc(OC)cc3)oc3cc(OC)ccc23)cc1. The van der Waals surface area contributed by atoms with Crippen molar-refractivity contribution in [1.29, 1.82) is 0 Å². The lowest BCUT2D eigenvalue weighted by molar-refractivity contribution is 0.104. The number of carbonyl (C=O) groups excluding carboxylic acids is 1. The summed E-state index contributed by atoms with van der Waals surface area (Å²) in [5.41, 5.74) is 2.45. The quantitative estimate of drug-likeness (QED) is 0.278. The fourth-order valence-corrected chi connectivity index (χ4v) is 3.49. The maximum atomic E-state index is 13.4. The summed E-state index contributed by atoms with van der Waals surface area (Å²) >= 11 is 0. The first-order valence-electron chi connectivity index (χ1n) is 11.6. The van der Waals surface area contributed by atoms with Crippen LogP contribution in [0.5, 0.6) is 17.2 Å². The number of ketones is 1. The van der Waals surface area contributed by atoms with Gasteiger partial charge in [-0.3, -0.25) is 4.79 Å². The standard InChI is InChI=1S/C24H20O5.C5H13N/c1-26-17-8-4-15(5-9-17)23(25)22-20-13-12-19(28-3)14-21(20)29-24(22)16-6-10-18(27-2)11-7-16;1-4-6(3)5-2/h4-14H,1-3H3;4-5H2,1-3H3. The van der Waals surface area contributed by atoms with Gasteiger partial charge in [-0.25, -0.2) is 0 Å². The van der Waals surface area contributed by atoms with Crippen LogP contribution in [0.3, 0.4) is 0 Å². The van der Waals surface area contributed by atoms with E-state index in [1.807, 2.05) is 36.4 Å². The van der Waals surface area contributed by atoms with Crippen molar-refractivity contribution < 1.29 is 23.4 Å². The Bertz CT molecular complexity index is 1240. The Hall–Kier alpha value is -3.77. The molecule has 0 aliphatic carbocycles. The highest BCUT2D eigenvalue weighted by Crippen LogP contribution is 2.37. The lowest BCUT2D eigenvalue weighted by Crippen LogP contribution is -2.15. The van der Waals surface area contributed by atoms with E-state index in [0.717, 1.165) is 29.8 Å². The summed E-state index contributed by atoms with van der Waals surface area (Å²) < 4.78 is 21.9. The van der Waals surface area contributed by atoms with Gasteiger partial charge in [0.05, 0.1) is 26.9 Å². The van der Waals surface area contributed by atoms with Crippen LogP contribution in [0.15, 0.2) is 71.1 Å². The second-order valence-electron chi connectivity index (χ2n) is 7.94. The van der Waals surface area contributed by atoms with Crippen molar-refractivity contribution in [2.75, 3.05) is 41.5 Å². The topological polar surface area (TPSA) is 61.1 Å². The largest absolute Gasteiger partial charge is 0.497 e. The molecular weight excluding hydrogens is 442 g/mol. The van der Waals surface area contributed by atoms with Crippen molar-refractivity contribution in [3.05, 3.63) is 77.9 Å². The number of carbonyl (C=O) groups is 1. The number of hydrogen-bond acceptors (Lipinski definition) is 6. The molecule has 0 aliphatic heterocycles. The Morgan fingerprint density at radius 3 is 1.77 bits per heavy atom. The third-order valence-corrected chi connectivity index (χ3v) is 5.91. The van der Waals surface area contributed by atoms with Crippen LogP contribution in [0.1, 0.15) is 29.8 Å². The van der Waals surface area contributed by atoms with Crippen LogP contribution >= 0.6 is 0 Å². The minimum absolute atomic E-state index is 0.123. The predicted octanol–water partition coefficient (Wildman–Crippen LogP) is 6.31. The van der Waals surface area contributed by atoms with Crippen LogP contribution in [0.2, 0.25) is 0 Å². The highest BCUT2D eigenvalue weighted by Gasteiger charge is 2.23.